The molecule has 0 aliphatic heterocycles. The third kappa shape index (κ3) is 3.91. The van der Waals surface area contributed by atoms with Crippen molar-refractivity contribution in [1.82, 2.24) is 29.5 Å². The number of nitrogens with one attached hydrogen (secondary N) is 1. The van der Waals surface area contributed by atoms with Gasteiger partial charge in [-0.2, -0.15) is 5.10 Å². The summed E-state index contributed by atoms with van der Waals surface area (Å²) in [6, 6.07) is 11.1. The highest BCUT2D eigenvalue weighted by atomic mass is 16.2. The number of fused-ring (bicyclic) bond motifs is 2. The molecule has 0 bridgehead atoms. The van der Waals surface area contributed by atoms with E-state index in [0.29, 0.717) is 10.9 Å². The number of para-hydroxylation sites is 1. The van der Waals surface area contributed by atoms with E-state index in [4.69, 9.17) is 0 Å². The Morgan fingerprint density at radius 2 is 1.88 bits per heavy atom. The number of hydrogen-bond acceptors (Lipinski definition) is 5. The molecular formula is C24H22N6O3. The van der Waals surface area contributed by atoms with E-state index in [1.807, 2.05) is 37.5 Å². The van der Waals surface area contributed by atoms with Crippen molar-refractivity contribution in [1.29, 1.82) is 0 Å². The highest BCUT2D eigenvalue weighted by Crippen LogP contribution is 2.28. The highest BCUT2D eigenvalue weighted by Gasteiger charge is 2.18. The predicted octanol–water partition coefficient (Wildman–Crippen LogP) is 2.14. The number of rotatable bonds is 5. The first-order valence-corrected chi connectivity index (χ1v) is 10.0. The number of carbonyl (C=O) groups is 2. The number of aryl methyl sites for hydroxylation is 1. The van der Waals surface area contributed by atoms with Crippen molar-refractivity contribution in [2.45, 2.75) is 0 Å². The summed E-state index contributed by atoms with van der Waals surface area (Å²) < 4.78 is 2.79. The number of likely N-dealkylation sites (N-methyl/N-ethyl adjacent to an activating group) is 1. The van der Waals surface area contributed by atoms with Gasteiger partial charge in [0.2, 0.25) is 0 Å². The highest BCUT2D eigenvalue weighted by molar-refractivity contribution is 6.15. The minimum Gasteiger partial charge on any atom is -0.344 e. The fourth-order valence-electron chi connectivity index (χ4n) is 3.53. The first-order chi connectivity index (χ1) is 15.7. The molecule has 9 nitrogen and oxygen atoms in total. The molecule has 0 fully saturated rings. The lowest BCUT2D eigenvalue weighted by Crippen LogP contribution is -2.36. The zero-order valence-corrected chi connectivity index (χ0v) is 18.5. The normalized spacial score (nSPS) is 10.9. The molecule has 0 aliphatic rings. The molecule has 2 heterocycles. The number of carbonyl (C=O) groups excluding carboxylic acids is 2. The molecule has 166 valence electrons. The molecule has 4 rings (SSSR count). The van der Waals surface area contributed by atoms with Gasteiger partial charge in [0.1, 0.15) is 12.0 Å². The van der Waals surface area contributed by atoms with Gasteiger partial charge < -0.3 is 10.2 Å². The Labute approximate surface area is 189 Å². The van der Waals surface area contributed by atoms with Gasteiger partial charge in [-0.15, -0.1) is 0 Å². The molecule has 2 amide bonds. The molecule has 0 radical (unpaired) electrons. The van der Waals surface area contributed by atoms with Crippen molar-refractivity contribution >= 4 is 39.3 Å². The van der Waals surface area contributed by atoms with Gasteiger partial charge in [0.05, 0.1) is 22.1 Å². The standard InChI is InChI=1S/C24H22N6O3/c1-14(23(32)28(3)4)26-22(31)15(2)30-13-25-21-18(7-6-8-19(21)24(30)33)16-9-10-17-12-29(5)27-20(17)11-16/h6-13H,1-2H2,3-5H3,(H,26,31). The Bertz CT molecular complexity index is 1530. The van der Waals surface area contributed by atoms with Crippen LogP contribution in [0.1, 0.15) is 0 Å². The SMILES string of the molecule is C=C(NC(=O)C(=C)n1cnc2c(-c3ccc4cn(C)nc4c3)cccc2c1=O)C(=O)N(C)C. The smallest absolute Gasteiger partial charge is 0.272 e. The minimum absolute atomic E-state index is 0.125. The third-order valence-electron chi connectivity index (χ3n) is 5.20. The molecule has 2 aromatic heterocycles. The van der Waals surface area contributed by atoms with Crippen LogP contribution in [0.3, 0.4) is 0 Å². The average Bonchev–Trinajstić information content (AvgIpc) is 3.17. The lowest BCUT2D eigenvalue weighted by molar-refractivity contribution is -0.126. The van der Waals surface area contributed by atoms with Crippen molar-refractivity contribution in [2.75, 3.05) is 14.1 Å². The second kappa shape index (κ2) is 8.19. The zero-order chi connectivity index (χ0) is 23.9. The summed E-state index contributed by atoms with van der Waals surface area (Å²) in [6.07, 6.45) is 3.18. The molecule has 0 aliphatic carbocycles. The number of hydrogen-bond donors (Lipinski definition) is 1. The monoisotopic (exact) mass is 442 g/mol. The average molecular weight is 442 g/mol. The van der Waals surface area contributed by atoms with Crippen LogP contribution in [0.5, 0.6) is 0 Å². The number of nitrogens with zero attached hydrogens (tertiary/aromatic N) is 5. The van der Waals surface area contributed by atoms with E-state index in [1.165, 1.54) is 25.3 Å². The predicted molar refractivity (Wildman–Crippen MR) is 127 cm³/mol. The summed E-state index contributed by atoms with van der Waals surface area (Å²) >= 11 is 0. The number of benzene rings is 2. The zero-order valence-electron chi connectivity index (χ0n) is 18.5. The topological polar surface area (TPSA) is 102 Å². The van der Waals surface area contributed by atoms with Crippen molar-refractivity contribution in [2.24, 2.45) is 7.05 Å². The maximum Gasteiger partial charge on any atom is 0.272 e. The lowest BCUT2D eigenvalue weighted by atomic mass is 10.0. The van der Waals surface area contributed by atoms with Crippen LogP contribution in [0.2, 0.25) is 0 Å². The van der Waals surface area contributed by atoms with E-state index in [9.17, 15) is 14.4 Å². The molecule has 4 aromatic rings. The first-order valence-electron chi connectivity index (χ1n) is 10.0. The summed E-state index contributed by atoms with van der Waals surface area (Å²) in [5.74, 6) is -1.19. The molecular weight excluding hydrogens is 420 g/mol. The molecule has 0 spiro atoms. The van der Waals surface area contributed by atoms with Crippen LogP contribution in [-0.2, 0) is 16.6 Å². The molecule has 33 heavy (non-hydrogen) atoms. The Hall–Kier alpha value is -4.53. The number of aromatic nitrogens is 4. The van der Waals surface area contributed by atoms with Gasteiger partial charge in [0, 0.05) is 38.3 Å². The van der Waals surface area contributed by atoms with E-state index >= 15 is 0 Å². The molecule has 0 saturated carbocycles. The van der Waals surface area contributed by atoms with Crippen LogP contribution in [0.15, 0.2) is 72.6 Å². The fraction of sp³-hybridized carbons (Fsp3) is 0.125. The molecule has 9 heteroatoms. The summed E-state index contributed by atoms with van der Waals surface area (Å²) in [7, 11) is 4.93. The maximum absolute atomic E-state index is 13.2. The minimum atomic E-state index is -0.727. The van der Waals surface area contributed by atoms with Crippen LogP contribution >= 0.6 is 0 Å². The molecule has 1 N–H and O–H groups in total. The van der Waals surface area contributed by atoms with Crippen LogP contribution in [0.4, 0.5) is 0 Å². The summed E-state index contributed by atoms with van der Waals surface area (Å²) in [5.41, 5.74) is 2.20. The van der Waals surface area contributed by atoms with Crippen LogP contribution in [-0.4, -0.2) is 50.1 Å². The second-order valence-electron chi connectivity index (χ2n) is 7.78. The van der Waals surface area contributed by atoms with Gasteiger partial charge in [-0.25, -0.2) is 4.98 Å². The molecule has 0 saturated heterocycles. The second-order valence-corrected chi connectivity index (χ2v) is 7.78. The van der Waals surface area contributed by atoms with Crippen LogP contribution < -0.4 is 10.9 Å². The van der Waals surface area contributed by atoms with Crippen LogP contribution in [0.25, 0.3) is 38.6 Å². The van der Waals surface area contributed by atoms with Crippen LogP contribution in [0, 0.1) is 0 Å². The van der Waals surface area contributed by atoms with E-state index in [0.717, 1.165) is 26.6 Å². The van der Waals surface area contributed by atoms with Gasteiger partial charge in [-0.1, -0.05) is 37.4 Å². The molecule has 2 aromatic carbocycles. The van der Waals surface area contributed by atoms with E-state index < -0.39 is 17.4 Å². The Kier molecular flexibility index (Phi) is 5.39. The summed E-state index contributed by atoms with van der Waals surface area (Å²) in [6.45, 7) is 7.26. The Morgan fingerprint density at radius 1 is 1.12 bits per heavy atom. The Balaban J connectivity index is 1.72. The molecule has 0 unspecified atom stereocenters. The van der Waals surface area contributed by atoms with Gasteiger partial charge in [-0.3, -0.25) is 23.6 Å². The lowest BCUT2D eigenvalue weighted by Gasteiger charge is -2.15. The summed E-state index contributed by atoms with van der Waals surface area (Å²) in [5, 5.41) is 8.15. The largest absolute Gasteiger partial charge is 0.344 e. The quantitative estimate of drug-likeness (QED) is 0.477. The van der Waals surface area contributed by atoms with Gasteiger partial charge in [0.25, 0.3) is 17.4 Å². The Morgan fingerprint density at radius 3 is 2.61 bits per heavy atom. The third-order valence-corrected chi connectivity index (χ3v) is 5.20. The van der Waals surface area contributed by atoms with Gasteiger partial charge >= 0.3 is 0 Å². The van der Waals surface area contributed by atoms with E-state index in [1.54, 1.807) is 16.8 Å². The summed E-state index contributed by atoms with van der Waals surface area (Å²) in [4.78, 5) is 43.4. The number of amides is 2. The first kappa shape index (κ1) is 21.7. The van der Waals surface area contributed by atoms with Crippen molar-refractivity contribution in [3.05, 3.63) is 78.1 Å². The van der Waals surface area contributed by atoms with Crippen molar-refractivity contribution < 1.29 is 9.59 Å². The fourth-order valence-corrected chi connectivity index (χ4v) is 3.53. The van der Waals surface area contributed by atoms with E-state index in [-0.39, 0.29) is 11.4 Å². The van der Waals surface area contributed by atoms with Crippen molar-refractivity contribution in [3.63, 3.8) is 0 Å². The van der Waals surface area contributed by atoms with E-state index in [2.05, 4.69) is 28.6 Å². The van der Waals surface area contributed by atoms with Gasteiger partial charge in [0.15, 0.2) is 0 Å². The maximum atomic E-state index is 13.2. The van der Waals surface area contributed by atoms with Gasteiger partial charge in [-0.05, 0) is 17.7 Å². The molecule has 0 atom stereocenters. The van der Waals surface area contributed by atoms with Crippen molar-refractivity contribution in [3.8, 4) is 11.1 Å².